The van der Waals surface area contributed by atoms with Crippen LogP contribution in [-0.2, 0) is 4.79 Å². The van der Waals surface area contributed by atoms with Gasteiger partial charge in [0.05, 0.1) is 15.5 Å². The van der Waals surface area contributed by atoms with Crippen molar-refractivity contribution in [3.63, 3.8) is 0 Å². The second-order valence-corrected chi connectivity index (χ2v) is 9.86. The van der Waals surface area contributed by atoms with Crippen molar-refractivity contribution in [2.24, 2.45) is 10.9 Å². The molecule has 8 heteroatoms. The van der Waals surface area contributed by atoms with Crippen molar-refractivity contribution in [2.45, 2.75) is 38.6 Å². The second-order valence-electron chi connectivity index (χ2n) is 8.85. The molecular formula is C27H25N3O4S. The van der Waals surface area contributed by atoms with Gasteiger partial charge in [0.15, 0.2) is 5.17 Å². The number of nitro groups is 1. The van der Waals surface area contributed by atoms with Crippen LogP contribution in [-0.4, -0.2) is 26.9 Å². The van der Waals surface area contributed by atoms with Crippen LogP contribution in [0.15, 0.2) is 81.0 Å². The Labute approximate surface area is 207 Å². The first-order valence-corrected chi connectivity index (χ1v) is 12.5. The molecule has 0 bridgehead atoms. The Balaban J connectivity index is 1.47. The molecule has 2 heterocycles. The van der Waals surface area contributed by atoms with Crippen molar-refractivity contribution in [1.29, 1.82) is 0 Å². The van der Waals surface area contributed by atoms with E-state index in [1.165, 1.54) is 30.3 Å². The Morgan fingerprint density at radius 3 is 2.66 bits per heavy atom. The van der Waals surface area contributed by atoms with Gasteiger partial charge in [0.2, 0.25) is 0 Å². The first-order valence-electron chi connectivity index (χ1n) is 11.7. The zero-order valence-electron chi connectivity index (χ0n) is 19.3. The highest BCUT2D eigenvalue weighted by molar-refractivity contribution is 8.18. The van der Waals surface area contributed by atoms with E-state index >= 15 is 0 Å². The monoisotopic (exact) mass is 487 g/mol. The molecule has 0 unspecified atom stereocenters. The Kier molecular flexibility index (Phi) is 6.55. The number of rotatable bonds is 5. The Morgan fingerprint density at radius 2 is 1.89 bits per heavy atom. The summed E-state index contributed by atoms with van der Waals surface area (Å²) in [7, 11) is 0. The summed E-state index contributed by atoms with van der Waals surface area (Å²) in [5, 5.41) is 11.8. The third-order valence-corrected chi connectivity index (χ3v) is 7.44. The molecule has 178 valence electrons. The van der Waals surface area contributed by atoms with Gasteiger partial charge in [0, 0.05) is 29.8 Å². The van der Waals surface area contributed by atoms with Gasteiger partial charge >= 0.3 is 0 Å². The molecule has 2 aliphatic rings. The molecule has 2 aromatic carbocycles. The highest BCUT2D eigenvalue weighted by Crippen LogP contribution is 2.40. The number of thioether (sulfide) groups is 1. The summed E-state index contributed by atoms with van der Waals surface area (Å²) in [6.45, 7) is 2.21. The molecule has 2 fully saturated rings. The van der Waals surface area contributed by atoms with Crippen LogP contribution in [0.25, 0.3) is 17.4 Å². The van der Waals surface area contributed by atoms with Crippen LogP contribution >= 0.6 is 11.8 Å². The van der Waals surface area contributed by atoms with Crippen molar-refractivity contribution in [3.8, 4) is 11.3 Å². The van der Waals surface area contributed by atoms with Crippen LogP contribution in [0.1, 0.15) is 38.4 Å². The van der Waals surface area contributed by atoms with Gasteiger partial charge in [0.1, 0.15) is 11.5 Å². The fraction of sp³-hybridized carbons (Fsp3) is 0.259. The minimum Gasteiger partial charge on any atom is -0.457 e. The minimum absolute atomic E-state index is 0.000611. The Hall–Kier alpha value is -3.65. The molecule has 1 aliphatic carbocycles. The van der Waals surface area contributed by atoms with Gasteiger partial charge in [-0.05, 0) is 54.8 Å². The summed E-state index contributed by atoms with van der Waals surface area (Å²) < 4.78 is 5.95. The fourth-order valence-electron chi connectivity index (χ4n) is 4.64. The first kappa shape index (κ1) is 23.1. The molecule has 35 heavy (non-hydrogen) atoms. The van der Waals surface area contributed by atoms with Gasteiger partial charge in [-0.1, -0.05) is 50.1 Å². The van der Waals surface area contributed by atoms with Crippen LogP contribution in [0.5, 0.6) is 0 Å². The number of furan rings is 1. The standard InChI is InChI=1S/C27H25N3O4S/c1-18-8-5-6-13-23(18)29-26(31)25(35-27(29)28-20-10-3-2-4-11-20)17-22-14-15-24(34-22)19-9-7-12-21(16-19)30(32)33/h2-4,7,9-12,14-18,23H,5-6,8,13H2,1H3/b25-17-,28-27?/t18-,23-/m0/s1. The fourth-order valence-corrected chi connectivity index (χ4v) is 5.66. The molecule has 7 nitrogen and oxygen atoms in total. The van der Waals surface area contributed by atoms with E-state index in [0.717, 1.165) is 24.9 Å². The molecule has 2 atom stereocenters. The highest BCUT2D eigenvalue weighted by Gasteiger charge is 2.41. The number of nitrogens with zero attached hydrogens (tertiary/aromatic N) is 3. The lowest BCUT2D eigenvalue weighted by atomic mass is 9.85. The van der Waals surface area contributed by atoms with E-state index in [1.54, 1.807) is 30.3 Å². The zero-order chi connectivity index (χ0) is 24.4. The predicted octanol–water partition coefficient (Wildman–Crippen LogP) is 7.04. The van der Waals surface area contributed by atoms with Gasteiger partial charge in [-0.3, -0.25) is 19.8 Å². The molecule has 0 radical (unpaired) electrons. The van der Waals surface area contributed by atoms with Crippen molar-refractivity contribution >= 4 is 40.3 Å². The number of non-ortho nitro benzene ring substituents is 1. The molecule has 3 aromatic rings. The van der Waals surface area contributed by atoms with Crippen LogP contribution in [0.3, 0.4) is 0 Å². The normalized spacial score (nSPS) is 22.8. The first-order chi connectivity index (χ1) is 17.0. The number of hydrogen-bond donors (Lipinski definition) is 0. The van der Waals surface area contributed by atoms with E-state index in [4.69, 9.17) is 9.41 Å². The summed E-state index contributed by atoms with van der Waals surface area (Å²) in [5.41, 5.74) is 1.42. The van der Waals surface area contributed by atoms with E-state index in [2.05, 4.69) is 6.92 Å². The number of aliphatic imine (C=N–C) groups is 1. The van der Waals surface area contributed by atoms with Gasteiger partial charge in [-0.2, -0.15) is 0 Å². The molecule has 0 N–H and O–H groups in total. The maximum Gasteiger partial charge on any atom is 0.270 e. The molecule has 0 spiro atoms. The number of amidine groups is 1. The molecule has 5 rings (SSSR count). The molecule has 1 saturated carbocycles. The molecule has 1 saturated heterocycles. The minimum atomic E-state index is -0.433. The largest absolute Gasteiger partial charge is 0.457 e. The van der Waals surface area contributed by atoms with Crippen LogP contribution in [0.4, 0.5) is 11.4 Å². The summed E-state index contributed by atoms with van der Waals surface area (Å²) in [5.74, 6) is 1.36. The van der Waals surface area contributed by atoms with Crippen LogP contribution in [0.2, 0.25) is 0 Å². The third-order valence-electron chi connectivity index (χ3n) is 6.46. The topological polar surface area (TPSA) is 89.0 Å². The Bertz CT molecular complexity index is 1310. The van der Waals surface area contributed by atoms with Crippen LogP contribution in [0, 0.1) is 16.0 Å². The number of nitro benzene ring substituents is 1. The molecule has 1 aromatic heterocycles. The van der Waals surface area contributed by atoms with Gasteiger partial charge in [-0.15, -0.1) is 0 Å². The zero-order valence-corrected chi connectivity index (χ0v) is 20.1. The lowest BCUT2D eigenvalue weighted by Crippen LogP contribution is -2.44. The van der Waals surface area contributed by atoms with E-state index < -0.39 is 4.92 Å². The lowest BCUT2D eigenvalue weighted by molar-refractivity contribution is -0.384. The van der Waals surface area contributed by atoms with Gasteiger partial charge in [0.25, 0.3) is 11.6 Å². The third kappa shape index (κ3) is 4.93. The number of hydrogen-bond acceptors (Lipinski definition) is 6. The second kappa shape index (κ2) is 9.92. The highest BCUT2D eigenvalue weighted by atomic mass is 32.2. The maximum absolute atomic E-state index is 13.6. The van der Waals surface area contributed by atoms with Gasteiger partial charge < -0.3 is 4.42 Å². The number of carbonyl (C=O) groups is 1. The average molecular weight is 488 g/mol. The quantitative estimate of drug-likeness (QED) is 0.219. The van der Waals surface area contributed by atoms with E-state index in [-0.39, 0.29) is 17.6 Å². The smallest absolute Gasteiger partial charge is 0.270 e. The average Bonchev–Trinajstić information content (AvgIpc) is 3.45. The molecule has 1 aliphatic heterocycles. The SMILES string of the molecule is C[C@H]1CCCC[C@@H]1N1C(=O)/C(=C/c2ccc(-c3cccc([N+](=O)[O-])c3)o2)SC1=Nc1ccccc1. The summed E-state index contributed by atoms with van der Waals surface area (Å²) in [6.07, 6.45) is 6.09. The summed E-state index contributed by atoms with van der Waals surface area (Å²) in [6, 6.07) is 19.6. The number of para-hydroxylation sites is 1. The van der Waals surface area contributed by atoms with Crippen molar-refractivity contribution in [1.82, 2.24) is 4.90 Å². The van der Waals surface area contributed by atoms with Gasteiger partial charge in [-0.25, -0.2) is 4.99 Å². The van der Waals surface area contributed by atoms with Crippen molar-refractivity contribution < 1.29 is 14.1 Å². The number of amides is 1. The Morgan fingerprint density at radius 1 is 1.09 bits per heavy atom. The summed E-state index contributed by atoms with van der Waals surface area (Å²) in [4.78, 5) is 31.5. The number of carbonyl (C=O) groups excluding carboxylic acids is 1. The maximum atomic E-state index is 13.6. The van der Waals surface area contributed by atoms with Crippen LogP contribution < -0.4 is 0 Å². The van der Waals surface area contributed by atoms with E-state index in [1.807, 2.05) is 35.2 Å². The predicted molar refractivity (Wildman–Crippen MR) is 138 cm³/mol. The van der Waals surface area contributed by atoms with Crippen molar-refractivity contribution in [2.75, 3.05) is 0 Å². The van der Waals surface area contributed by atoms with Crippen molar-refractivity contribution in [3.05, 3.63) is 87.5 Å². The summed E-state index contributed by atoms with van der Waals surface area (Å²) >= 11 is 1.36. The van der Waals surface area contributed by atoms with E-state index in [0.29, 0.717) is 33.1 Å². The lowest BCUT2D eigenvalue weighted by Gasteiger charge is -2.35. The number of benzene rings is 2. The molecule has 1 amide bonds. The molecular weight excluding hydrogens is 462 g/mol. The van der Waals surface area contributed by atoms with E-state index in [9.17, 15) is 14.9 Å².